The summed E-state index contributed by atoms with van der Waals surface area (Å²) < 4.78 is 4.11. The molecule has 100 valence electrons. The van der Waals surface area contributed by atoms with Crippen LogP contribution in [0.4, 0.5) is 5.00 Å². The summed E-state index contributed by atoms with van der Waals surface area (Å²) in [5, 5.41) is 12.5. The molecule has 1 aromatic rings. The van der Waals surface area contributed by atoms with Crippen molar-refractivity contribution in [2.45, 2.75) is 39.0 Å². The maximum absolute atomic E-state index is 12.2. The average Bonchev–Trinajstić information content (AvgIpc) is 2.69. The molecule has 0 saturated carbocycles. The number of rotatable bonds is 2. The fourth-order valence-corrected chi connectivity index (χ4v) is 2.97. The van der Waals surface area contributed by atoms with E-state index < -0.39 is 0 Å². The van der Waals surface area contributed by atoms with Gasteiger partial charge in [-0.15, -0.1) is 0 Å². The first-order chi connectivity index (χ1) is 9.22. The van der Waals surface area contributed by atoms with E-state index in [1.54, 1.807) is 6.92 Å². The Balaban J connectivity index is 2.04. The van der Waals surface area contributed by atoms with E-state index in [2.05, 4.69) is 27.9 Å². The number of hydrogen-bond donors (Lipinski definition) is 1. The summed E-state index contributed by atoms with van der Waals surface area (Å²) >= 11 is 1.18. The highest BCUT2D eigenvalue weighted by atomic mass is 32.1. The summed E-state index contributed by atoms with van der Waals surface area (Å²) in [6.07, 6.45) is 9.17. The van der Waals surface area contributed by atoms with Crippen molar-refractivity contribution in [3.05, 3.63) is 23.4 Å². The standard InChI is InChI=1S/C14H17N3OS/c1-10-12(9-15)14(19-17-10)16-13(18)11-7-5-3-2-4-6-8-11/h2-3,11H,4-8H2,1H3,(H,16,18)/b3-2-. The van der Waals surface area contributed by atoms with Crippen LogP contribution in [0.2, 0.25) is 0 Å². The van der Waals surface area contributed by atoms with Crippen molar-refractivity contribution in [1.82, 2.24) is 4.37 Å². The third-order valence-corrected chi connectivity index (χ3v) is 4.21. The van der Waals surface area contributed by atoms with Crippen molar-refractivity contribution in [3.63, 3.8) is 0 Å². The van der Waals surface area contributed by atoms with E-state index >= 15 is 0 Å². The number of anilines is 1. The second-order valence-corrected chi connectivity index (χ2v) is 5.52. The molecule has 1 aliphatic rings. The quantitative estimate of drug-likeness (QED) is 0.841. The van der Waals surface area contributed by atoms with Crippen molar-refractivity contribution < 1.29 is 4.79 Å². The molecule has 1 aromatic heterocycles. The summed E-state index contributed by atoms with van der Waals surface area (Å²) in [7, 11) is 0. The third-order valence-electron chi connectivity index (χ3n) is 3.35. The number of carbonyl (C=O) groups excluding carboxylic acids is 1. The SMILES string of the molecule is Cc1nsc(NC(=O)C2CC/C=C\CCC2)c1C#N. The van der Waals surface area contributed by atoms with Gasteiger partial charge in [-0.25, -0.2) is 0 Å². The lowest BCUT2D eigenvalue weighted by Crippen LogP contribution is -2.23. The van der Waals surface area contributed by atoms with Crippen LogP contribution in [-0.4, -0.2) is 10.3 Å². The van der Waals surface area contributed by atoms with Gasteiger partial charge in [0.1, 0.15) is 16.6 Å². The number of carbonyl (C=O) groups is 1. The largest absolute Gasteiger partial charge is 0.315 e. The first kappa shape index (κ1) is 13.8. The highest BCUT2D eigenvalue weighted by molar-refractivity contribution is 7.10. The van der Waals surface area contributed by atoms with E-state index in [-0.39, 0.29) is 11.8 Å². The number of nitriles is 1. The maximum atomic E-state index is 12.2. The van der Waals surface area contributed by atoms with Gasteiger partial charge in [0, 0.05) is 5.92 Å². The van der Waals surface area contributed by atoms with Crippen molar-refractivity contribution in [2.75, 3.05) is 5.32 Å². The van der Waals surface area contributed by atoms with Crippen LogP contribution >= 0.6 is 11.5 Å². The lowest BCUT2D eigenvalue weighted by molar-refractivity contribution is -0.120. The van der Waals surface area contributed by atoms with Gasteiger partial charge in [-0.1, -0.05) is 12.2 Å². The van der Waals surface area contributed by atoms with Crippen LogP contribution in [0.3, 0.4) is 0 Å². The molecule has 1 aliphatic carbocycles. The normalized spacial score (nSPS) is 20.9. The van der Waals surface area contributed by atoms with E-state index in [4.69, 9.17) is 5.26 Å². The lowest BCUT2D eigenvalue weighted by atomic mass is 9.93. The summed E-state index contributed by atoms with van der Waals surface area (Å²) in [4.78, 5) is 12.2. The predicted molar refractivity (Wildman–Crippen MR) is 75.9 cm³/mol. The number of amides is 1. The molecule has 1 amide bonds. The van der Waals surface area contributed by atoms with Crippen molar-refractivity contribution in [1.29, 1.82) is 5.26 Å². The summed E-state index contributed by atoms with van der Waals surface area (Å²) in [6.45, 7) is 1.78. The number of aromatic nitrogens is 1. The highest BCUT2D eigenvalue weighted by Gasteiger charge is 2.21. The van der Waals surface area contributed by atoms with Crippen LogP contribution in [0.25, 0.3) is 0 Å². The molecule has 0 aliphatic heterocycles. The zero-order valence-corrected chi connectivity index (χ0v) is 11.8. The second-order valence-electron chi connectivity index (χ2n) is 4.75. The smallest absolute Gasteiger partial charge is 0.228 e. The van der Waals surface area contributed by atoms with Gasteiger partial charge in [0.15, 0.2) is 0 Å². The molecule has 5 heteroatoms. The van der Waals surface area contributed by atoms with Crippen molar-refractivity contribution in [2.24, 2.45) is 5.92 Å². The van der Waals surface area contributed by atoms with Gasteiger partial charge >= 0.3 is 0 Å². The molecule has 1 N–H and O–H groups in total. The Morgan fingerprint density at radius 2 is 2.26 bits per heavy atom. The Labute approximate surface area is 117 Å². The Kier molecular flexibility index (Phi) is 4.69. The van der Waals surface area contributed by atoms with Crippen LogP contribution in [-0.2, 0) is 4.79 Å². The van der Waals surface area contributed by atoms with Gasteiger partial charge in [-0.2, -0.15) is 9.64 Å². The zero-order chi connectivity index (χ0) is 13.7. The van der Waals surface area contributed by atoms with Gasteiger partial charge in [0.25, 0.3) is 0 Å². The molecule has 2 rings (SSSR count). The number of hydrogen-bond acceptors (Lipinski definition) is 4. The third kappa shape index (κ3) is 3.42. The van der Waals surface area contributed by atoms with Crippen molar-refractivity contribution >= 4 is 22.4 Å². The molecule has 0 bridgehead atoms. The van der Waals surface area contributed by atoms with Crippen molar-refractivity contribution in [3.8, 4) is 6.07 Å². The van der Waals surface area contributed by atoms with Gasteiger partial charge in [0.2, 0.25) is 5.91 Å². The summed E-state index contributed by atoms with van der Waals surface area (Å²) in [5.41, 5.74) is 1.17. The molecule has 0 spiro atoms. The minimum Gasteiger partial charge on any atom is -0.315 e. The lowest BCUT2D eigenvalue weighted by Gasteiger charge is -2.16. The zero-order valence-electron chi connectivity index (χ0n) is 11.0. The second kappa shape index (κ2) is 6.48. The molecule has 0 fully saturated rings. The number of aryl methyl sites for hydroxylation is 1. The molecule has 1 atom stereocenters. The van der Waals surface area contributed by atoms with E-state index in [0.717, 1.165) is 32.1 Å². The molecule has 1 unspecified atom stereocenters. The predicted octanol–water partition coefficient (Wildman–Crippen LogP) is 3.40. The average molecular weight is 275 g/mol. The molecule has 0 radical (unpaired) electrons. The molecule has 0 saturated heterocycles. The molecule has 4 nitrogen and oxygen atoms in total. The molecule has 19 heavy (non-hydrogen) atoms. The van der Waals surface area contributed by atoms with Crippen LogP contribution in [0.15, 0.2) is 12.2 Å². The number of nitrogens with one attached hydrogen (secondary N) is 1. The van der Waals surface area contributed by atoms with Crippen LogP contribution < -0.4 is 5.32 Å². The summed E-state index contributed by atoms with van der Waals surface area (Å²) in [5.74, 6) is 0.0642. The van der Waals surface area contributed by atoms with E-state index in [9.17, 15) is 4.79 Å². The highest BCUT2D eigenvalue weighted by Crippen LogP contribution is 2.26. The van der Waals surface area contributed by atoms with Crippen LogP contribution in [0.5, 0.6) is 0 Å². The van der Waals surface area contributed by atoms with Gasteiger partial charge in [0.05, 0.1) is 5.69 Å². The van der Waals surface area contributed by atoms with E-state index in [1.165, 1.54) is 11.5 Å². The topological polar surface area (TPSA) is 65.8 Å². The van der Waals surface area contributed by atoms with Gasteiger partial charge in [-0.3, -0.25) is 4.79 Å². The van der Waals surface area contributed by atoms with Gasteiger partial charge in [-0.05, 0) is 50.6 Å². The van der Waals surface area contributed by atoms with E-state index in [1.807, 2.05) is 0 Å². The fraction of sp³-hybridized carbons (Fsp3) is 0.500. The molecular weight excluding hydrogens is 258 g/mol. The minimum absolute atomic E-state index is 0.0236. The molecule has 1 heterocycles. The van der Waals surface area contributed by atoms with E-state index in [0.29, 0.717) is 16.3 Å². The number of allylic oxidation sites excluding steroid dienone is 2. The Morgan fingerprint density at radius 1 is 1.47 bits per heavy atom. The van der Waals surface area contributed by atoms with Crippen LogP contribution in [0.1, 0.15) is 43.4 Å². The first-order valence-electron chi connectivity index (χ1n) is 6.54. The minimum atomic E-state index is 0.0236. The monoisotopic (exact) mass is 275 g/mol. The molecule has 0 aromatic carbocycles. The first-order valence-corrected chi connectivity index (χ1v) is 7.32. The number of nitrogens with zero attached hydrogens (tertiary/aromatic N) is 2. The molecular formula is C14H17N3OS. The Morgan fingerprint density at radius 3 is 3.05 bits per heavy atom. The Bertz CT molecular complexity index is 527. The van der Waals surface area contributed by atoms with Gasteiger partial charge < -0.3 is 5.32 Å². The summed E-state index contributed by atoms with van der Waals surface area (Å²) in [6, 6.07) is 2.10. The maximum Gasteiger partial charge on any atom is 0.228 e. The Hall–Kier alpha value is -1.67. The fourth-order valence-electron chi connectivity index (χ4n) is 2.22. The van der Waals surface area contributed by atoms with Crippen LogP contribution in [0, 0.1) is 24.2 Å².